The van der Waals surface area contributed by atoms with Gasteiger partial charge in [-0.05, 0) is 30.1 Å². The molecule has 1 saturated heterocycles. The first-order chi connectivity index (χ1) is 8.74. The van der Waals surface area contributed by atoms with Crippen molar-refractivity contribution in [3.05, 3.63) is 41.5 Å². The molecule has 2 aromatic carbocycles. The van der Waals surface area contributed by atoms with E-state index in [1.165, 1.54) is 10.9 Å². The summed E-state index contributed by atoms with van der Waals surface area (Å²) in [5, 5.41) is 5.28. The molecule has 1 N–H and O–H groups in total. The van der Waals surface area contributed by atoms with E-state index in [9.17, 15) is 4.79 Å². The summed E-state index contributed by atoms with van der Waals surface area (Å²) in [5.74, 6) is 0.633. The zero-order valence-electron chi connectivity index (χ0n) is 10.2. The number of amides is 1. The topological polar surface area (TPSA) is 32.3 Å². The molecule has 0 aliphatic carbocycles. The summed E-state index contributed by atoms with van der Waals surface area (Å²) in [7, 11) is 2.14. The minimum Gasteiger partial charge on any atom is -0.321 e. The lowest BCUT2D eigenvalue weighted by Crippen LogP contribution is -2.41. The number of likely N-dealkylation sites (tertiary alicyclic amines) is 1. The van der Waals surface area contributed by atoms with E-state index in [2.05, 4.69) is 29.4 Å². The highest BCUT2D eigenvalue weighted by atomic mass is 16.1. The van der Waals surface area contributed by atoms with Crippen molar-refractivity contribution in [3.63, 3.8) is 0 Å². The van der Waals surface area contributed by atoms with Gasteiger partial charge in [-0.3, -0.25) is 4.79 Å². The molecule has 1 fully saturated rings. The smallest absolute Gasteiger partial charge is 0.256 e. The number of likely N-dealkylation sites (N-methyl/N-ethyl adjacent to an activating group) is 1. The fraction of sp³-hybridized carbons (Fsp3) is 0.267. The Labute approximate surface area is 105 Å². The van der Waals surface area contributed by atoms with Gasteiger partial charge >= 0.3 is 0 Å². The van der Waals surface area contributed by atoms with E-state index in [1.807, 2.05) is 18.2 Å². The average Bonchev–Trinajstić information content (AvgIpc) is 2.65. The van der Waals surface area contributed by atoms with Crippen LogP contribution in [0.25, 0.3) is 10.8 Å². The van der Waals surface area contributed by atoms with Gasteiger partial charge in [0.05, 0.1) is 0 Å². The number of hydrogen-bond acceptors (Lipinski definition) is 2. The van der Waals surface area contributed by atoms with Gasteiger partial charge in [0, 0.05) is 35.6 Å². The molecule has 0 spiro atoms. The number of rotatable bonds is 1. The lowest BCUT2D eigenvalue weighted by molar-refractivity contribution is 0.103. The van der Waals surface area contributed by atoms with Crippen LogP contribution in [0.1, 0.15) is 21.8 Å². The van der Waals surface area contributed by atoms with Crippen molar-refractivity contribution in [2.24, 2.45) is 0 Å². The first-order valence-electron chi connectivity index (χ1n) is 6.29. The third-order valence-corrected chi connectivity index (χ3v) is 4.07. The highest BCUT2D eigenvalue weighted by molar-refractivity contribution is 6.24. The maximum atomic E-state index is 11.8. The fourth-order valence-electron chi connectivity index (χ4n) is 3.16. The van der Waals surface area contributed by atoms with E-state index in [0.29, 0.717) is 5.92 Å². The first-order valence-corrected chi connectivity index (χ1v) is 6.29. The Morgan fingerprint density at radius 3 is 2.83 bits per heavy atom. The van der Waals surface area contributed by atoms with Gasteiger partial charge in [-0.25, -0.2) is 0 Å². The number of hydrogen-bond donors (Lipinski definition) is 1. The van der Waals surface area contributed by atoms with E-state index in [4.69, 9.17) is 0 Å². The maximum Gasteiger partial charge on any atom is 0.256 e. The first kappa shape index (κ1) is 10.1. The van der Waals surface area contributed by atoms with Crippen molar-refractivity contribution in [2.45, 2.75) is 5.92 Å². The van der Waals surface area contributed by atoms with Crippen LogP contribution in [0, 0.1) is 0 Å². The van der Waals surface area contributed by atoms with Crippen molar-refractivity contribution >= 4 is 22.4 Å². The molecule has 2 aliphatic rings. The number of nitrogens with zero attached hydrogens (tertiary/aromatic N) is 1. The minimum atomic E-state index is 0.0264. The quantitative estimate of drug-likeness (QED) is 0.827. The van der Waals surface area contributed by atoms with Crippen molar-refractivity contribution in [1.82, 2.24) is 4.90 Å². The summed E-state index contributed by atoms with van der Waals surface area (Å²) in [6.45, 7) is 2.22. The molecule has 3 heteroatoms. The van der Waals surface area contributed by atoms with Crippen LogP contribution in [-0.2, 0) is 0 Å². The van der Waals surface area contributed by atoms with Crippen molar-refractivity contribution in [1.29, 1.82) is 0 Å². The molecule has 0 unspecified atom stereocenters. The lowest BCUT2D eigenvalue weighted by Gasteiger charge is -2.37. The summed E-state index contributed by atoms with van der Waals surface area (Å²) in [4.78, 5) is 14.2. The monoisotopic (exact) mass is 238 g/mol. The summed E-state index contributed by atoms with van der Waals surface area (Å²) >= 11 is 0. The molecule has 18 heavy (non-hydrogen) atoms. The lowest BCUT2D eigenvalue weighted by atomic mass is 9.87. The molecule has 0 bridgehead atoms. The largest absolute Gasteiger partial charge is 0.321 e. The van der Waals surface area contributed by atoms with Gasteiger partial charge in [0.15, 0.2) is 0 Å². The number of carbonyl (C=O) groups is 1. The summed E-state index contributed by atoms with van der Waals surface area (Å²) in [6.07, 6.45) is 0. The maximum absolute atomic E-state index is 11.8. The second-order valence-corrected chi connectivity index (χ2v) is 5.30. The predicted octanol–water partition coefficient (Wildman–Crippen LogP) is 2.43. The molecule has 2 heterocycles. The van der Waals surface area contributed by atoms with Crippen LogP contribution in [0.5, 0.6) is 0 Å². The second kappa shape index (κ2) is 3.33. The van der Waals surface area contributed by atoms with Gasteiger partial charge in [-0.1, -0.05) is 18.2 Å². The van der Waals surface area contributed by atoms with Gasteiger partial charge in [-0.15, -0.1) is 0 Å². The molecular weight excluding hydrogens is 224 g/mol. The number of nitrogens with one attached hydrogen (secondary N) is 1. The molecule has 2 aliphatic heterocycles. The molecule has 0 aromatic heterocycles. The Hall–Kier alpha value is -1.87. The molecule has 0 radical (unpaired) electrons. The van der Waals surface area contributed by atoms with E-state index >= 15 is 0 Å². The third-order valence-electron chi connectivity index (χ3n) is 4.07. The van der Waals surface area contributed by atoms with E-state index in [0.717, 1.165) is 29.7 Å². The molecule has 90 valence electrons. The van der Waals surface area contributed by atoms with Gasteiger partial charge < -0.3 is 10.2 Å². The zero-order valence-corrected chi connectivity index (χ0v) is 10.2. The van der Waals surface area contributed by atoms with Crippen LogP contribution < -0.4 is 5.32 Å². The summed E-state index contributed by atoms with van der Waals surface area (Å²) in [5.41, 5.74) is 3.16. The fourth-order valence-corrected chi connectivity index (χ4v) is 3.16. The minimum absolute atomic E-state index is 0.0264. The van der Waals surface area contributed by atoms with Gasteiger partial charge in [0.25, 0.3) is 5.91 Å². The van der Waals surface area contributed by atoms with Crippen LogP contribution in [-0.4, -0.2) is 30.9 Å². The second-order valence-electron chi connectivity index (χ2n) is 5.30. The third kappa shape index (κ3) is 1.20. The van der Waals surface area contributed by atoms with E-state index in [-0.39, 0.29) is 5.91 Å². The average molecular weight is 238 g/mol. The number of benzene rings is 2. The van der Waals surface area contributed by atoms with Crippen molar-refractivity contribution < 1.29 is 4.79 Å². The van der Waals surface area contributed by atoms with Crippen LogP contribution in [0.15, 0.2) is 30.3 Å². The molecule has 1 amide bonds. The SMILES string of the molecule is CN1CC(c2ccc3c4c(cccc24)NC3=O)C1. The molecule has 4 rings (SSSR count). The molecule has 0 saturated carbocycles. The van der Waals surface area contributed by atoms with Gasteiger partial charge in [0.1, 0.15) is 0 Å². The van der Waals surface area contributed by atoms with E-state index in [1.54, 1.807) is 0 Å². The van der Waals surface area contributed by atoms with Crippen LogP contribution >= 0.6 is 0 Å². The Balaban J connectivity index is 1.97. The zero-order chi connectivity index (χ0) is 12.3. The molecular formula is C15H14N2O. The van der Waals surface area contributed by atoms with E-state index < -0.39 is 0 Å². The van der Waals surface area contributed by atoms with Gasteiger partial charge in [-0.2, -0.15) is 0 Å². The Bertz CT molecular complexity index is 671. The standard InChI is InChI=1S/C15H14N2O/c1-17-7-9(8-17)10-5-6-12-14-11(10)3-2-4-13(14)16-15(12)18/h2-6,9H,7-8H2,1H3,(H,16,18). The number of anilines is 1. The van der Waals surface area contributed by atoms with Crippen LogP contribution in [0.4, 0.5) is 5.69 Å². The van der Waals surface area contributed by atoms with Gasteiger partial charge in [0.2, 0.25) is 0 Å². The summed E-state index contributed by atoms with van der Waals surface area (Å²) in [6, 6.07) is 10.2. The Morgan fingerprint density at radius 1 is 1.22 bits per heavy atom. The van der Waals surface area contributed by atoms with Crippen molar-refractivity contribution in [2.75, 3.05) is 25.5 Å². The Kier molecular flexibility index (Phi) is 1.87. The highest BCUT2D eigenvalue weighted by Gasteiger charge is 2.29. The molecule has 0 atom stereocenters. The van der Waals surface area contributed by atoms with Crippen LogP contribution in [0.3, 0.4) is 0 Å². The highest BCUT2D eigenvalue weighted by Crippen LogP contribution is 2.38. The number of carbonyl (C=O) groups excluding carboxylic acids is 1. The van der Waals surface area contributed by atoms with Crippen molar-refractivity contribution in [3.8, 4) is 0 Å². The Morgan fingerprint density at radius 2 is 2.06 bits per heavy atom. The molecule has 2 aromatic rings. The molecule has 3 nitrogen and oxygen atoms in total. The summed E-state index contributed by atoms with van der Waals surface area (Å²) < 4.78 is 0. The predicted molar refractivity (Wildman–Crippen MR) is 72.1 cm³/mol. The van der Waals surface area contributed by atoms with Crippen LogP contribution in [0.2, 0.25) is 0 Å². The normalized spacial score (nSPS) is 19.1.